The standard InChI is InChI=1S/C23H20N2O4/c1-13-10-19(29-25-13)21(27)20-17-7-4-15(11-18(17)24-22(20)28)14-2-5-16(6-3-14)23(12-26)8-9-23/h2-7,10-11,26-27H,8-9,12H2,1H3,(H,24,28). The van der Waals surface area contributed by atoms with Gasteiger partial charge in [-0.2, -0.15) is 0 Å². The molecule has 1 aromatic heterocycles. The van der Waals surface area contributed by atoms with Crippen LogP contribution >= 0.6 is 0 Å². The van der Waals surface area contributed by atoms with Crippen molar-refractivity contribution in [2.45, 2.75) is 25.2 Å². The Bertz CT molecular complexity index is 1150. The maximum absolute atomic E-state index is 12.5. The van der Waals surface area contributed by atoms with E-state index in [0.717, 1.165) is 29.5 Å². The molecule has 0 bridgehead atoms. The number of aliphatic hydroxyl groups excluding tert-OH is 2. The first-order valence-corrected chi connectivity index (χ1v) is 9.55. The van der Waals surface area contributed by atoms with Gasteiger partial charge in [0.2, 0.25) is 5.76 Å². The van der Waals surface area contributed by atoms with E-state index in [1.165, 1.54) is 0 Å². The van der Waals surface area contributed by atoms with Crippen molar-refractivity contribution in [2.75, 3.05) is 11.9 Å². The van der Waals surface area contributed by atoms with Gasteiger partial charge in [0, 0.05) is 22.7 Å². The first kappa shape index (κ1) is 17.7. The highest BCUT2D eigenvalue weighted by molar-refractivity contribution is 6.36. The van der Waals surface area contributed by atoms with Crippen LogP contribution < -0.4 is 5.32 Å². The minimum absolute atomic E-state index is 0.0548. The second-order valence-electron chi connectivity index (χ2n) is 7.79. The Kier molecular flexibility index (Phi) is 3.86. The fraction of sp³-hybridized carbons (Fsp3) is 0.217. The van der Waals surface area contributed by atoms with E-state index >= 15 is 0 Å². The second-order valence-corrected chi connectivity index (χ2v) is 7.79. The number of amides is 1. The summed E-state index contributed by atoms with van der Waals surface area (Å²) in [7, 11) is 0. The third-order valence-electron chi connectivity index (χ3n) is 5.85. The molecule has 29 heavy (non-hydrogen) atoms. The van der Waals surface area contributed by atoms with Crippen LogP contribution in [0.2, 0.25) is 0 Å². The SMILES string of the molecule is Cc1cc(C(O)=C2C(=O)Nc3cc(-c4ccc(C5(CO)CC5)cc4)ccc32)on1. The Morgan fingerprint density at radius 1 is 1.14 bits per heavy atom. The maximum atomic E-state index is 12.5. The number of anilines is 1. The zero-order chi connectivity index (χ0) is 20.2. The molecule has 5 rings (SSSR count). The van der Waals surface area contributed by atoms with Crippen molar-refractivity contribution in [3.8, 4) is 11.1 Å². The van der Waals surface area contributed by atoms with E-state index in [4.69, 9.17) is 4.52 Å². The maximum Gasteiger partial charge on any atom is 0.260 e. The fourth-order valence-electron chi connectivity index (χ4n) is 3.89. The summed E-state index contributed by atoms with van der Waals surface area (Å²) < 4.78 is 5.09. The normalized spacial score (nSPS) is 18.3. The number of fused-ring (bicyclic) bond motifs is 1. The van der Waals surface area contributed by atoms with Gasteiger partial charge in [-0.05, 0) is 42.5 Å². The Morgan fingerprint density at radius 3 is 2.48 bits per heavy atom. The lowest BCUT2D eigenvalue weighted by Crippen LogP contribution is -2.11. The summed E-state index contributed by atoms with van der Waals surface area (Å²) in [6.07, 6.45) is 2.05. The Morgan fingerprint density at radius 2 is 1.86 bits per heavy atom. The monoisotopic (exact) mass is 388 g/mol. The molecule has 2 heterocycles. The van der Waals surface area contributed by atoms with Crippen LogP contribution in [0.5, 0.6) is 0 Å². The lowest BCUT2D eigenvalue weighted by molar-refractivity contribution is -0.110. The molecule has 1 aliphatic carbocycles. The number of rotatable bonds is 4. The zero-order valence-corrected chi connectivity index (χ0v) is 15.9. The molecule has 1 saturated carbocycles. The topological polar surface area (TPSA) is 95.6 Å². The molecule has 3 N–H and O–H groups in total. The molecule has 0 radical (unpaired) electrons. The van der Waals surface area contributed by atoms with Crippen molar-refractivity contribution >= 4 is 22.9 Å². The molecule has 0 unspecified atom stereocenters. The molecule has 0 saturated heterocycles. The minimum Gasteiger partial charge on any atom is -0.504 e. The molecule has 0 spiro atoms. The van der Waals surface area contributed by atoms with Gasteiger partial charge in [-0.3, -0.25) is 4.79 Å². The molecular formula is C23H20N2O4. The first-order valence-electron chi connectivity index (χ1n) is 9.55. The third kappa shape index (κ3) is 2.84. The van der Waals surface area contributed by atoms with Crippen LogP contribution in [0.1, 0.15) is 35.4 Å². The van der Waals surface area contributed by atoms with Crippen LogP contribution in [0.4, 0.5) is 5.69 Å². The Labute approximate surface area is 167 Å². The number of nitrogens with zero attached hydrogens (tertiary/aromatic N) is 1. The van der Waals surface area contributed by atoms with Crippen molar-refractivity contribution in [3.05, 3.63) is 71.1 Å². The smallest absolute Gasteiger partial charge is 0.260 e. The highest BCUT2D eigenvalue weighted by Crippen LogP contribution is 2.48. The molecule has 146 valence electrons. The summed E-state index contributed by atoms with van der Waals surface area (Å²) in [5.74, 6) is -0.437. The average molecular weight is 388 g/mol. The Balaban J connectivity index is 1.50. The largest absolute Gasteiger partial charge is 0.504 e. The highest BCUT2D eigenvalue weighted by Gasteiger charge is 2.43. The number of carbonyl (C=O) groups excluding carboxylic acids is 1. The highest BCUT2D eigenvalue weighted by atomic mass is 16.5. The van der Waals surface area contributed by atoms with Gasteiger partial charge in [-0.25, -0.2) is 0 Å². The van der Waals surface area contributed by atoms with Crippen molar-refractivity contribution in [2.24, 2.45) is 0 Å². The number of aromatic nitrogens is 1. The molecule has 1 aliphatic heterocycles. The summed E-state index contributed by atoms with van der Waals surface area (Å²) in [5, 5.41) is 26.7. The van der Waals surface area contributed by atoms with E-state index in [-0.39, 0.29) is 35.0 Å². The summed E-state index contributed by atoms with van der Waals surface area (Å²) in [6, 6.07) is 15.4. The van der Waals surface area contributed by atoms with Crippen molar-refractivity contribution in [1.82, 2.24) is 5.16 Å². The Hall–Kier alpha value is -3.38. The summed E-state index contributed by atoms with van der Waals surface area (Å²) >= 11 is 0. The third-order valence-corrected chi connectivity index (χ3v) is 5.85. The van der Waals surface area contributed by atoms with Gasteiger partial charge in [0.25, 0.3) is 5.91 Å². The van der Waals surface area contributed by atoms with Gasteiger partial charge < -0.3 is 20.1 Å². The summed E-state index contributed by atoms with van der Waals surface area (Å²) in [6.45, 7) is 1.93. The van der Waals surface area contributed by atoms with Crippen LogP contribution in [0.15, 0.2) is 53.1 Å². The molecule has 2 aromatic carbocycles. The van der Waals surface area contributed by atoms with Gasteiger partial charge in [-0.1, -0.05) is 41.6 Å². The van der Waals surface area contributed by atoms with Crippen LogP contribution in [0.25, 0.3) is 22.5 Å². The van der Waals surface area contributed by atoms with E-state index < -0.39 is 0 Å². The van der Waals surface area contributed by atoms with Gasteiger partial charge in [0.05, 0.1) is 17.9 Å². The van der Waals surface area contributed by atoms with Gasteiger partial charge >= 0.3 is 0 Å². The van der Waals surface area contributed by atoms with Crippen LogP contribution in [-0.2, 0) is 10.2 Å². The molecule has 6 heteroatoms. The summed E-state index contributed by atoms with van der Waals surface area (Å²) in [4.78, 5) is 12.5. The van der Waals surface area contributed by atoms with Crippen molar-refractivity contribution < 1.29 is 19.5 Å². The molecule has 6 nitrogen and oxygen atoms in total. The van der Waals surface area contributed by atoms with E-state index in [1.54, 1.807) is 13.0 Å². The fourth-order valence-corrected chi connectivity index (χ4v) is 3.89. The first-order chi connectivity index (χ1) is 14.0. The molecule has 3 aromatic rings. The predicted octanol–water partition coefficient (Wildman–Crippen LogP) is 4.05. The van der Waals surface area contributed by atoms with E-state index in [1.807, 2.05) is 30.3 Å². The molecule has 2 aliphatic rings. The van der Waals surface area contributed by atoms with E-state index in [0.29, 0.717) is 16.9 Å². The van der Waals surface area contributed by atoms with Gasteiger partial charge in [0.15, 0.2) is 5.76 Å². The average Bonchev–Trinajstić information content (AvgIpc) is 3.30. The number of hydrogen-bond donors (Lipinski definition) is 3. The number of hydrogen-bond acceptors (Lipinski definition) is 5. The van der Waals surface area contributed by atoms with Crippen LogP contribution in [0, 0.1) is 6.92 Å². The molecule has 1 amide bonds. The molecular weight excluding hydrogens is 368 g/mol. The second kappa shape index (κ2) is 6.32. The van der Waals surface area contributed by atoms with Crippen molar-refractivity contribution in [1.29, 1.82) is 0 Å². The molecule has 0 atom stereocenters. The van der Waals surface area contributed by atoms with Crippen molar-refractivity contribution in [3.63, 3.8) is 0 Å². The number of carbonyl (C=O) groups is 1. The quantitative estimate of drug-likeness (QED) is 0.463. The lowest BCUT2D eigenvalue weighted by atomic mass is 9.94. The predicted molar refractivity (Wildman–Crippen MR) is 109 cm³/mol. The number of nitrogens with one attached hydrogen (secondary N) is 1. The molecule has 1 fully saturated rings. The zero-order valence-electron chi connectivity index (χ0n) is 15.9. The number of aryl methyl sites for hydroxylation is 1. The van der Waals surface area contributed by atoms with Crippen LogP contribution in [-0.4, -0.2) is 27.9 Å². The number of benzene rings is 2. The number of aliphatic hydroxyl groups is 2. The van der Waals surface area contributed by atoms with E-state index in [2.05, 4.69) is 22.6 Å². The lowest BCUT2D eigenvalue weighted by Gasteiger charge is -2.13. The van der Waals surface area contributed by atoms with Gasteiger partial charge in [0.1, 0.15) is 0 Å². The summed E-state index contributed by atoms with van der Waals surface area (Å²) in [5.41, 5.74) is 5.15. The van der Waals surface area contributed by atoms with Crippen LogP contribution in [0.3, 0.4) is 0 Å². The van der Waals surface area contributed by atoms with E-state index in [9.17, 15) is 15.0 Å². The minimum atomic E-state index is -0.377. The van der Waals surface area contributed by atoms with Gasteiger partial charge in [-0.15, -0.1) is 0 Å².